The van der Waals surface area contributed by atoms with E-state index >= 15 is 0 Å². The Kier molecular flexibility index (Phi) is 5.90. The molecule has 0 radical (unpaired) electrons. The highest BCUT2D eigenvalue weighted by molar-refractivity contribution is 6.28. The number of rotatable bonds is 6. The number of imidazole rings is 1. The number of halogens is 1. The van der Waals surface area contributed by atoms with Crippen LogP contribution in [0.3, 0.4) is 0 Å². The monoisotopic (exact) mass is 465 g/mol. The number of fused-ring (bicyclic) bond motifs is 1. The van der Waals surface area contributed by atoms with E-state index < -0.39 is 0 Å². The zero-order chi connectivity index (χ0) is 22.9. The lowest BCUT2D eigenvalue weighted by Crippen LogP contribution is -2.39. The van der Waals surface area contributed by atoms with Crippen molar-refractivity contribution in [1.82, 2.24) is 29.3 Å². The number of hydrogen-bond donors (Lipinski definition) is 2. The number of hydrogen-bond acceptors (Lipinski definition) is 7. The van der Waals surface area contributed by atoms with Crippen molar-refractivity contribution in [3.8, 4) is 5.69 Å². The van der Waals surface area contributed by atoms with E-state index in [2.05, 4.69) is 57.2 Å². The molecule has 1 saturated heterocycles. The highest BCUT2D eigenvalue weighted by Crippen LogP contribution is 2.25. The molecule has 4 heterocycles. The van der Waals surface area contributed by atoms with Gasteiger partial charge in [-0.05, 0) is 49.9 Å². The highest BCUT2D eigenvalue weighted by atomic mass is 35.5. The molecule has 5 rings (SSSR count). The van der Waals surface area contributed by atoms with E-state index in [1.165, 1.54) is 0 Å². The molecule has 3 N–H and O–H groups in total. The Hall–Kier alpha value is -3.17. The van der Waals surface area contributed by atoms with Crippen molar-refractivity contribution in [2.24, 2.45) is 5.73 Å². The Balaban J connectivity index is 1.39. The zero-order valence-electron chi connectivity index (χ0n) is 18.8. The number of aromatic nitrogens is 6. The number of nitrogens with two attached hydrogens (primary N) is 1. The maximum atomic E-state index is 6.22. The highest BCUT2D eigenvalue weighted by Gasteiger charge is 2.19. The van der Waals surface area contributed by atoms with E-state index in [0.29, 0.717) is 23.9 Å². The van der Waals surface area contributed by atoms with E-state index in [4.69, 9.17) is 22.4 Å². The zero-order valence-corrected chi connectivity index (χ0v) is 19.6. The van der Waals surface area contributed by atoms with Crippen molar-refractivity contribution in [3.05, 3.63) is 53.7 Å². The minimum atomic E-state index is 0.193. The van der Waals surface area contributed by atoms with E-state index in [9.17, 15) is 0 Å². The minimum absolute atomic E-state index is 0.193. The molecule has 0 spiro atoms. The average Bonchev–Trinajstić information content (AvgIpc) is 3.46. The number of anilines is 2. The van der Waals surface area contributed by atoms with Crippen LogP contribution in [-0.2, 0) is 6.54 Å². The first-order valence-electron chi connectivity index (χ1n) is 11.3. The van der Waals surface area contributed by atoms with Gasteiger partial charge in [0.15, 0.2) is 22.8 Å². The molecule has 3 aromatic heterocycles. The average molecular weight is 466 g/mol. The Morgan fingerprint density at radius 2 is 1.94 bits per heavy atom. The second-order valence-corrected chi connectivity index (χ2v) is 9.02. The molecule has 1 aliphatic rings. The third-order valence-electron chi connectivity index (χ3n) is 6.07. The van der Waals surface area contributed by atoms with E-state index in [1.54, 1.807) is 6.33 Å². The van der Waals surface area contributed by atoms with Crippen LogP contribution in [0.1, 0.15) is 38.3 Å². The Morgan fingerprint density at radius 3 is 2.73 bits per heavy atom. The standard InChI is InChI=1S/C23H28ClN9/c1-15(2)32-14-27-20-21(28-23(24)29-22(20)32)26-13-16-5-3-4-6-18(16)33-12-9-19(30-33)31-10-7-17(25)8-11-31/h3-6,9,12,14-15,17H,7-8,10-11,13,25H2,1-2H3,(H,26,28,29). The summed E-state index contributed by atoms with van der Waals surface area (Å²) in [5.41, 5.74) is 9.57. The van der Waals surface area contributed by atoms with Gasteiger partial charge < -0.3 is 20.5 Å². The van der Waals surface area contributed by atoms with Gasteiger partial charge in [0.1, 0.15) is 0 Å². The fourth-order valence-electron chi connectivity index (χ4n) is 4.20. The predicted octanol–water partition coefficient (Wildman–Crippen LogP) is 3.79. The molecule has 1 aromatic carbocycles. The van der Waals surface area contributed by atoms with Crippen LogP contribution in [0.5, 0.6) is 0 Å². The maximum Gasteiger partial charge on any atom is 0.226 e. The fourth-order valence-corrected chi connectivity index (χ4v) is 4.36. The van der Waals surface area contributed by atoms with Crippen molar-refractivity contribution in [2.75, 3.05) is 23.3 Å². The molecule has 172 valence electrons. The molecular formula is C23H28ClN9. The topological polar surface area (TPSA) is 103 Å². The smallest absolute Gasteiger partial charge is 0.226 e. The Labute approximate surface area is 197 Å². The molecular weight excluding hydrogens is 438 g/mol. The molecule has 0 atom stereocenters. The van der Waals surface area contributed by atoms with Crippen LogP contribution in [0.2, 0.25) is 5.28 Å². The van der Waals surface area contributed by atoms with Gasteiger partial charge in [-0.1, -0.05) is 18.2 Å². The van der Waals surface area contributed by atoms with Crippen molar-refractivity contribution >= 4 is 34.4 Å². The number of para-hydroxylation sites is 1. The van der Waals surface area contributed by atoms with Gasteiger partial charge >= 0.3 is 0 Å². The lowest BCUT2D eigenvalue weighted by Gasteiger charge is -2.30. The molecule has 0 aliphatic carbocycles. The molecule has 1 aliphatic heterocycles. The van der Waals surface area contributed by atoms with Crippen molar-refractivity contribution in [2.45, 2.75) is 45.3 Å². The lowest BCUT2D eigenvalue weighted by molar-refractivity contribution is 0.498. The predicted molar refractivity (Wildman–Crippen MR) is 131 cm³/mol. The first-order valence-corrected chi connectivity index (χ1v) is 11.7. The summed E-state index contributed by atoms with van der Waals surface area (Å²) in [6.45, 7) is 6.58. The van der Waals surface area contributed by atoms with Crippen LogP contribution in [0.4, 0.5) is 11.6 Å². The molecule has 4 aromatic rings. The van der Waals surface area contributed by atoms with E-state index in [-0.39, 0.29) is 11.3 Å². The number of benzene rings is 1. The Morgan fingerprint density at radius 1 is 1.15 bits per heavy atom. The lowest BCUT2D eigenvalue weighted by atomic mass is 10.1. The number of piperidine rings is 1. The van der Waals surface area contributed by atoms with Gasteiger partial charge in [0, 0.05) is 44.0 Å². The van der Waals surface area contributed by atoms with Crippen LogP contribution >= 0.6 is 11.6 Å². The summed E-state index contributed by atoms with van der Waals surface area (Å²) >= 11 is 6.22. The van der Waals surface area contributed by atoms with Crippen LogP contribution in [0.15, 0.2) is 42.9 Å². The summed E-state index contributed by atoms with van der Waals surface area (Å²) in [5, 5.41) is 8.44. The van der Waals surface area contributed by atoms with Gasteiger partial charge in [0.2, 0.25) is 5.28 Å². The summed E-state index contributed by atoms with van der Waals surface area (Å²) < 4.78 is 3.91. The van der Waals surface area contributed by atoms with Crippen LogP contribution in [0.25, 0.3) is 16.9 Å². The first-order chi connectivity index (χ1) is 16.0. The summed E-state index contributed by atoms with van der Waals surface area (Å²) in [5.74, 6) is 1.60. The van der Waals surface area contributed by atoms with Gasteiger partial charge in [0.05, 0.1) is 12.0 Å². The normalized spacial score (nSPS) is 15.0. The summed E-state index contributed by atoms with van der Waals surface area (Å²) in [6.07, 6.45) is 5.77. The van der Waals surface area contributed by atoms with Crippen LogP contribution < -0.4 is 16.0 Å². The molecule has 33 heavy (non-hydrogen) atoms. The van der Waals surface area contributed by atoms with E-state index in [0.717, 1.165) is 48.6 Å². The minimum Gasteiger partial charge on any atom is -0.364 e. The summed E-state index contributed by atoms with van der Waals surface area (Å²) in [6, 6.07) is 10.8. The first kappa shape index (κ1) is 21.7. The second kappa shape index (κ2) is 8.99. The van der Waals surface area contributed by atoms with Gasteiger partial charge in [-0.2, -0.15) is 15.1 Å². The summed E-state index contributed by atoms with van der Waals surface area (Å²) in [4.78, 5) is 15.6. The van der Waals surface area contributed by atoms with Gasteiger partial charge in [0.25, 0.3) is 0 Å². The molecule has 0 bridgehead atoms. The number of nitrogens with zero attached hydrogens (tertiary/aromatic N) is 7. The maximum absolute atomic E-state index is 6.22. The molecule has 9 nitrogen and oxygen atoms in total. The van der Waals surface area contributed by atoms with Crippen molar-refractivity contribution < 1.29 is 0 Å². The molecule has 0 unspecified atom stereocenters. The Bertz CT molecular complexity index is 1250. The van der Waals surface area contributed by atoms with Crippen molar-refractivity contribution in [1.29, 1.82) is 0 Å². The molecule has 0 amide bonds. The summed E-state index contributed by atoms with van der Waals surface area (Å²) in [7, 11) is 0. The van der Waals surface area contributed by atoms with Crippen LogP contribution in [-0.4, -0.2) is 48.4 Å². The third kappa shape index (κ3) is 4.38. The van der Waals surface area contributed by atoms with Gasteiger partial charge in [-0.15, -0.1) is 0 Å². The third-order valence-corrected chi connectivity index (χ3v) is 6.24. The molecule has 10 heteroatoms. The quantitative estimate of drug-likeness (QED) is 0.417. The van der Waals surface area contributed by atoms with Crippen LogP contribution in [0, 0.1) is 0 Å². The van der Waals surface area contributed by atoms with Crippen molar-refractivity contribution in [3.63, 3.8) is 0 Å². The SMILES string of the molecule is CC(C)n1cnc2c(NCc3ccccc3-n3ccc(N4CCC(N)CC4)n3)nc(Cl)nc21. The van der Waals surface area contributed by atoms with Gasteiger partial charge in [-0.25, -0.2) is 9.67 Å². The van der Waals surface area contributed by atoms with E-state index in [1.807, 2.05) is 27.6 Å². The molecule has 1 fully saturated rings. The van der Waals surface area contributed by atoms with Gasteiger partial charge in [-0.3, -0.25) is 0 Å². The number of nitrogens with one attached hydrogen (secondary N) is 1. The second-order valence-electron chi connectivity index (χ2n) is 8.68. The molecule has 0 saturated carbocycles. The fraction of sp³-hybridized carbons (Fsp3) is 0.391. The largest absolute Gasteiger partial charge is 0.364 e.